The minimum atomic E-state index is -0.529. The van der Waals surface area contributed by atoms with E-state index in [-0.39, 0.29) is 6.67 Å². The smallest absolute Gasteiger partial charge is 0.410 e. The molecule has 0 fully saturated rings. The topological polar surface area (TPSA) is 59.0 Å². The second kappa shape index (κ2) is 4.52. The zero-order valence-corrected chi connectivity index (χ0v) is 5.83. The van der Waals surface area contributed by atoms with Crippen LogP contribution < -0.4 is 0 Å². The summed E-state index contributed by atoms with van der Waals surface area (Å²) in [6, 6.07) is 0. The van der Waals surface area contributed by atoms with Crippen molar-refractivity contribution in [3.8, 4) is 0 Å². The molecule has 10 heavy (non-hydrogen) atoms. The third-order valence-corrected chi connectivity index (χ3v) is 0.834. The van der Waals surface area contributed by atoms with Gasteiger partial charge in [-0.3, -0.25) is 4.90 Å². The molecule has 5 nitrogen and oxygen atoms in total. The van der Waals surface area contributed by atoms with E-state index in [1.54, 1.807) is 0 Å². The number of hydrogen-bond acceptors (Lipinski definition) is 4. The number of isocyanates is 1. The molecule has 0 aromatic rings. The third-order valence-electron chi connectivity index (χ3n) is 0.834. The number of carbonyl (C=O) groups is 1. The van der Waals surface area contributed by atoms with Gasteiger partial charge in [0.05, 0.1) is 7.11 Å². The normalized spacial score (nSPS) is 7.80. The van der Waals surface area contributed by atoms with Crippen LogP contribution in [0.15, 0.2) is 4.99 Å². The summed E-state index contributed by atoms with van der Waals surface area (Å²) in [5.41, 5.74) is 0. The van der Waals surface area contributed by atoms with E-state index in [1.807, 2.05) is 0 Å². The first kappa shape index (κ1) is 8.65. The van der Waals surface area contributed by atoms with Crippen molar-refractivity contribution in [3.05, 3.63) is 0 Å². The summed E-state index contributed by atoms with van der Waals surface area (Å²) < 4.78 is 4.31. The van der Waals surface area contributed by atoms with Crippen LogP contribution in [-0.4, -0.2) is 37.9 Å². The number of ether oxygens (including phenoxy) is 1. The van der Waals surface area contributed by atoms with Crippen LogP contribution in [0.3, 0.4) is 0 Å². The van der Waals surface area contributed by atoms with Gasteiger partial charge in [0.15, 0.2) is 0 Å². The lowest BCUT2D eigenvalue weighted by molar-refractivity contribution is 0.134. The first-order valence-electron chi connectivity index (χ1n) is 2.55. The first-order valence-corrected chi connectivity index (χ1v) is 2.55. The monoisotopic (exact) mass is 144 g/mol. The molecule has 0 aliphatic heterocycles. The Labute approximate surface area is 58.3 Å². The van der Waals surface area contributed by atoms with Gasteiger partial charge >= 0.3 is 6.09 Å². The van der Waals surface area contributed by atoms with Crippen LogP contribution in [0, 0.1) is 0 Å². The van der Waals surface area contributed by atoms with Crippen molar-refractivity contribution in [2.24, 2.45) is 4.99 Å². The predicted molar refractivity (Wildman–Crippen MR) is 33.2 cm³/mol. The second-order valence-electron chi connectivity index (χ2n) is 1.56. The van der Waals surface area contributed by atoms with Crippen molar-refractivity contribution >= 4 is 12.2 Å². The van der Waals surface area contributed by atoms with Gasteiger partial charge in [0.2, 0.25) is 6.08 Å². The SMILES string of the molecule is COC(=O)N(C)CN=C=O. The Hall–Kier alpha value is -1.35. The fraction of sp³-hybridized carbons (Fsp3) is 0.600. The zero-order chi connectivity index (χ0) is 7.98. The van der Waals surface area contributed by atoms with Gasteiger partial charge in [-0.2, -0.15) is 4.99 Å². The summed E-state index contributed by atoms with van der Waals surface area (Å²) in [5, 5.41) is 0. The van der Waals surface area contributed by atoms with Gasteiger partial charge < -0.3 is 4.74 Å². The molecular formula is C5H8N2O3. The molecular weight excluding hydrogens is 136 g/mol. The Bertz CT molecular complexity index is 162. The molecule has 0 spiro atoms. The zero-order valence-electron chi connectivity index (χ0n) is 5.83. The molecule has 0 radical (unpaired) electrons. The lowest BCUT2D eigenvalue weighted by Gasteiger charge is -2.10. The van der Waals surface area contributed by atoms with Crippen molar-refractivity contribution in [2.45, 2.75) is 0 Å². The number of amides is 1. The maximum Gasteiger partial charge on any atom is 0.410 e. The maximum atomic E-state index is 10.5. The fourth-order valence-electron chi connectivity index (χ4n) is 0.349. The number of carbonyl (C=O) groups excluding carboxylic acids is 2. The van der Waals surface area contributed by atoms with E-state index in [2.05, 4.69) is 9.73 Å². The van der Waals surface area contributed by atoms with E-state index >= 15 is 0 Å². The van der Waals surface area contributed by atoms with Crippen molar-refractivity contribution in [1.29, 1.82) is 0 Å². The second-order valence-corrected chi connectivity index (χ2v) is 1.56. The molecule has 5 heteroatoms. The average Bonchev–Trinajstić information content (AvgIpc) is 1.98. The van der Waals surface area contributed by atoms with Gasteiger partial charge in [-0.25, -0.2) is 9.59 Å². The summed E-state index contributed by atoms with van der Waals surface area (Å²) in [7, 11) is 2.72. The quantitative estimate of drug-likeness (QED) is 0.404. The Morgan fingerprint density at radius 2 is 2.40 bits per heavy atom. The predicted octanol–water partition coefficient (Wildman–Crippen LogP) is -0.0221. The molecule has 0 aromatic carbocycles. The fourth-order valence-corrected chi connectivity index (χ4v) is 0.349. The largest absolute Gasteiger partial charge is 0.453 e. The molecule has 0 unspecified atom stereocenters. The van der Waals surface area contributed by atoms with Crippen molar-refractivity contribution < 1.29 is 14.3 Å². The van der Waals surface area contributed by atoms with Gasteiger partial charge in [0.1, 0.15) is 6.67 Å². The van der Waals surface area contributed by atoms with Gasteiger partial charge in [-0.1, -0.05) is 0 Å². The number of rotatable bonds is 2. The van der Waals surface area contributed by atoms with Crippen LogP contribution in [0.4, 0.5) is 4.79 Å². The third kappa shape index (κ3) is 2.84. The molecule has 0 saturated carbocycles. The molecule has 0 aliphatic carbocycles. The summed E-state index contributed by atoms with van der Waals surface area (Å²) >= 11 is 0. The molecule has 0 aliphatic rings. The van der Waals surface area contributed by atoms with E-state index in [0.717, 1.165) is 4.90 Å². The summed E-state index contributed by atoms with van der Waals surface area (Å²) in [5.74, 6) is 0. The van der Waals surface area contributed by atoms with Crippen molar-refractivity contribution in [2.75, 3.05) is 20.8 Å². The Morgan fingerprint density at radius 3 is 2.80 bits per heavy atom. The Balaban J connectivity index is 3.72. The van der Waals surface area contributed by atoms with Crippen LogP contribution in [0.5, 0.6) is 0 Å². The molecule has 1 amide bonds. The van der Waals surface area contributed by atoms with Crippen LogP contribution in [0.1, 0.15) is 0 Å². The molecule has 0 heterocycles. The van der Waals surface area contributed by atoms with Gasteiger partial charge in [-0.05, 0) is 0 Å². The Morgan fingerprint density at radius 1 is 1.80 bits per heavy atom. The van der Waals surface area contributed by atoms with Crippen LogP contribution in [-0.2, 0) is 9.53 Å². The van der Waals surface area contributed by atoms with E-state index in [4.69, 9.17) is 0 Å². The summed E-state index contributed by atoms with van der Waals surface area (Å²) in [6.07, 6.45) is 0.774. The lowest BCUT2D eigenvalue weighted by Crippen LogP contribution is -2.26. The number of aliphatic imine (C=N–C) groups is 1. The van der Waals surface area contributed by atoms with E-state index < -0.39 is 6.09 Å². The highest BCUT2D eigenvalue weighted by molar-refractivity contribution is 5.66. The van der Waals surface area contributed by atoms with Crippen LogP contribution in [0.25, 0.3) is 0 Å². The summed E-state index contributed by atoms with van der Waals surface area (Å²) in [6.45, 7) is -0.0177. The van der Waals surface area contributed by atoms with Gasteiger partial charge in [-0.15, -0.1) is 0 Å². The summed E-state index contributed by atoms with van der Waals surface area (Å²) in [4.78, 5) is 24.4. The molecule has 0 aromatic heterocycles. The minimum Gasteiger partial charge on any atom is -0.453 e. The maximum absolute atomic E-state index is 10.5. The van der Waals surface area contributed by atoms with Crippen LogP contribution in [0.2, 0.25) is 0 Å². The highest BCUT2D eigenvalue weighted by atomic mass is 16.5. The molecule has 0 bridgehead atoms. The molecule has 0 saturated heterocycles. The standard InChI is InChI=1S/C5H8N2O3/c1-7(3-6-4-8)5(9)10-2/h3H2,1-2H3. The highest BCUT2D eigenvalue weighted by Gasteiger charge is 2.04. The van der Waals surface area contributed by atoms with Crippen LogP contribution >= 0.6 is 0 Å². The molecule has 56 valence electrons. The number of methoxy groups -OCH3 is 1. The van der Waals surface area contributed by atoms with Gasteiger partial charge in [0.25, 0.3) is 0 Å². The highest BCUT2D eigenvalue weighted by Crippen LogP contribution is 1.86. The van der Waals surface area contributed by atoms with E-state index in [0.29, 0.717) is 0 Å². The average molecular weight is 144 g/mol. The minimum absolute atomic E-state index is 0.0177. The van der Waals surface area contributed by atoms with Crippen molar-refractivity contribution in [1.82, 2.24) is 4.90 Å². The number of hydrogen-bond donors (Lipinski definition) is 0. The molecule has 0 N–H and O–H groups in total. The lowest BCUT2D eigenvalue weighted by atomic mass is 10.8. The molecule has 0 atom stereocenters. The van der Waals surface area contributed by atoms with E-state index in [1.165, 1.54) is 20.2 Å². The molecule has 0 rings (SSSR count). The van der Waals surface area contributed by atoms with E-state index in [9.17, 15) is 9.59 Å². The van der Waals surface area contributed by atoms with Gasteiger partial charge in [0, 0.05) is 7.05 Å². The Kier molecular flexibility index (Phi) is 3.91. The first-order chi connectivity index (χ1) is 4.72. The number of nitrogens with zero attached hydrogens (tertiary/aromatic N) is 2. The van der Waals surface area contributed by atoms with Crippen molar-refractivity contribution in [3.63, 3.8) is 0 Å².